The largest absolute Gasteiger partial charge is 0.417 e. The fourth-order valence-electron chi connectivity index (χ4n) is 4.74. The van der Waals surface area contributed by atoms with Crippen molar-refractivity contribution in [1.82, 2.24) is 14.7 Å². The summed E-state index contributed by atoms with van der Waals surface area (Å²) >= 11 is 0. The first-order chi connectivity index (χ1) is 17.2. The Labute approximate surface area is 212 Å². The number of amides is 1. The van der Waals surface area contributed by atoms with Crippen LogP contribution < -0.4 is 15.4 Å². The Hall–Kier alpha value is -3.67. The van der Waals surface area contributed by atoms with Crippen LogP contribution in [0.3, 0.4) is 0 Å². The molecule has 0 radical (unpaired) electrons. The van der Waals surface area contributed by atoms with Crippen molar-refractivity contribution in [2.45, 2.75) is 43.9 Å². The van der Waals surface area contributed by atoms with Gasteiger partial charge in [0.05, 0.1) is 11.1 Å². The molecule has 1 aliphatic heterocycles. The summed E-state index contributed by atoms with van der Waals surface area (Å²) in [5.74, 6) is -0.681. The van der Waals surface area contributed by atoms with Crippen LogP contribution in [0.4, 0.5) is 24.8 Å². The van der Waals surface area contributed by atoms with Gasteiger partial charge in [-0.3, -0.25) is 4.79 Å². The number of nitrogens with zero attached hydrogens (tertiary/aromatic N) is 3. The van der Waals surface area contributed by atoms with Crippen molar-refractivity contribution in [3.05, 3.63) is 65.9 Å². The van der Waals surface area contributed by atoms with Gasteiger partial charge in [0.1, 0.15) is 11.6 Å². The number of benzene rings is 1. The van der Waals surface area contributed by atoms with Gasteiger partial charge in [0, 0.05) is 23.8 Å². The molecule has 1 saturated heterocycles. The fraction of sp³-hybridized carbons (Fsp3) is 0.320. The molecule has 3 N–H and O–H groups in total. The van der Waals surface area contributed by atoms with Crippen molar-refractivity contribution in [2.75, 3.05) is 17.2 Å². The first-order valence-corrected chi connectivity index (χ1v) is 12.9. The Morgan fingerprint density at radius 2 is 1.86 bits per heavy atom. The Kier molecular flexibility index (Phi) is 6.65. The molecule has 8 nitrogen and oxygen atoms in total. The van der Waals surface area contributed by atoms with Gasteiger partial charge in [0.2, 0.25) is 0 Å². The highest BCUT2D eigenvalue weighted by atomic mass is 32.2. The molecule has 0 bridgehead atoms. The number of alkyl halides is 3. The number of hydrogen-bond acceptors (Lipinski definition) is 7. The number of hydrogen-bond donors (Lipinski definition) is 2. The SMILES string of the molecule is CC1CN(c2ncc(-c3ccccc3C(F)(F)F)cc2C(=O)NS(=O)(=O)c2cccc(N)n2)C(C)(C)C1. The van der Waals surface area contributed by atoms with Gasteiger partial charge >= 0.3 is 6.18 Å². The zero-order valence-corrected chi connectivity index (χ0v) is 21.2. The highest BCUT2D eigenvalue weighted by Gasteiger charge is 2.40. The number of rotatable bonds is 5. The molecule has 3 aromatic rings. The first-order valence-electron chi connectivity index (χ1n) is 11.4. The van der Waals surface area contributed by atoms with Crippen molar-refractivity contribution in [3.8, 4) is 11.1 Å². The molecule has 12 heteroatoms. The lowest BCUT2D eigenvalue weighted by Gasteiger charge is -2.34. The second-order valence-corrected chi connectivity index (χ2v) is 11.3. The van der Waals surface area contributed by atoms with E-state index in [4.69, 9.17) is 5.73 Å². The minimum atomic E-state index is -4.65. The third kappa shape index (κ3) is 5.38. The highest BCUT2D eigenvalue weighted by molar-refractivity contribution is 7.90. The van der Waals surface area contributed by atoms with Crippen LogP contribution in [0.1, 0.15) is 43.1 Å². The van der Waals surface area contributed by atoms with Gasteiger partial charge < -0.3 is 10.6 Å². The van der Waals surface area contributed by atoms with Crippen LogP contribution in [0, 0.1) is 5.92 Å². The molecule has 0 aliphatic carbocycles. The fourth-order valence-corrected chi connectivity index (χ4v) is 5.68. The number of anilines is 2. The van der Waals surface area contributed by atoms with Gasteiger partial charge in [-0.05, 0) is 56.0 Å². The average Bonchev–Trinajstić information content (AvgIpc) is 3.09. The van der Waals surface area contributed by atoms with E-state index in [1.165, 1.54) is 48.7 Å². The summed E-state index contributed by atoms with van der Waals surface area (Å²) in [6.07, 6.45) is -2.60. The summed E-state index contributed by atoms with van der Waals surface area (Å²) in [6.45, 7) is 6.48. The Balaban J connectivity index is 1.84. The van der Waals surface area contributed by atoms with E-state index in [1.807, 2.05) is 30.4 Å². The van der Waals surface area contributed by atoms with Gasteiger partial charge in [-0.25, -0.2) is 14.7 Å². The average molecular weight is 534 g/mol. The van der Waals surface area contributed by atoms with Gasteiger partial charge in [-0.15, -0.1) is 0 Å². The molecule has 196 valence electrons. The maximum absolute atomic E-state index is 13.7. The molecule has 4 rings (SSSR count). The lowest BCUT2D eigenvalue weighted by molar-refractivity contribution is -0.137. The number of aromatic nitrogens is 2. The number of nitrogens with two attached hydrogens (primary N) is 1. The number of sulfonamides is 1. The van der Waals surface area contributed by atoms with E-state index in [-0.39, 0.29) is 34.2 Å². The molecule has 1 fully saturated rings. The van der Waals surface area contributed by atoms with Crippen LogP contribution in [0.15, 0.2) is 59.8 Å². The molecule has 1 atom stereocenters. The van der Waals surface area contributed by atoms with E-state index >= 15 is 0 Å². The molecule has 0 saturated carbocycles. The molecule has 1 aromatic carbocycles. The lowest BCUT2D eigenvalue weighted by Crippen LogP contribution is -2.41. The number of pyridine rings is 2. The summed E-state index contributed by atoms with van der Waals surface area (Å²) in [5, 5.41) is -0.468. The van der Waals surface area contributed by atoms with Gasteiger partial charge in [-0.2, -0.15) is 21.6 Å². The number of carbonyl (C=O) groups is 1. The third-order valence-corrected chi connectivity index (χ3v) is 7.46. The van der Waals surface area contributed by atoms with Crippen molar-refractivity contribution >= 4 is 27.6 Å². The van der Waals surface area contributed by atoms with E-state index in [2.05, 4.69) is 9.97 Å². The summed E-state index contributed by atoms with van der Waals surface area (Å²) in [4.78, 5) is 23.4. The van der Waals surface area contributed by atoms with E-state index in [0.717, 1.165) is 12.5 Å². The topological polar surface area (TPSA) is 118 Å². The maximum Gasteiger partial charge on any atom is 0.417 e. The summed E-state index contributed by atoms with van der Waals surface area (Å²) in [7, 11) is -4.44. The van der Waals surface area contributed by atoms with E-state index in [1.54, 1.807) is 0 Å². The van der Waals surface area contributed by atoms with E-state index in [0.29, 0.717) is 6.54 Å². The summed E-state index contributed by atoms with van der Waals surface area (Å²) in [6, 6.07) is 10.1. The minimum Gasteiger partial charge on any atom is -0.384 e. The van der Waals surface area contributed by atoms with Crippen LogP contribution in [0.5, 0.6) is 0 Å². The number of nitrogens with one attached hydrogen (secondary N) is 1. The molecule has 1 unspecified atom stereocenters. The van der Waals surface area contributed by atoms with Crippen LogP contribution in [0.2, 0.25) is 0 Å². The van der Waals surface area contributed by atoms with Crippen LogP contribution in [-0.2, 0) is 16.2 Å². The smallest absolute Gasteiger partial charge is 0.384 e. The Morgan fingerprint density at radius 1 is 1.16 bits per heavy atom. The van der Waals surface area contributed by atoms with E-state index < -0.39 is 38.2 Å². The first kappa shape index (κ1) is 26.4. The van der Waals surface area contributed by atoms with Crippen LogP contribution in [-0.4, -0.2) is 36.4 Å². The zero-order valence-electron chi connectivity index (χ0n) is 20.4. The normalized spacial score (nSPS) is 17.6. The molecular formula is C25H26F3N5O3S. The maximum atomic E-state index is 13.7. The predicted octanol–water partition coefficient (Wildman–Crippen LogP) is 4.49. The zero-order chi connectivity index (χ0) is 27.2. The van der Waals surface area contributed by atoms with Gasteiger partial charge in [-0.1, -0.05) is 31.2 Å². The second-order valence-electron chi connectivity index (χ2n) is 9.71. The number of halogens is 3. The molecule has 1 aliphatic rings. The number of nitrogen functional groups attached to an aromatic ring is 1. The molecule has 3 heterocycles. The Bertz CT molecular complexity index is 1460. The lowest BCUT2D eigenvalue weighted by atomic mass is 9.96. The minimum absolute atomic E-state index is 0.0198. The summed E-state index contributed by atoms with van der Waals surface area (Å²) < 4.78 is 68.8. The quantitative estimate of drug-likeness (QED) is 0.496. The van der Waals surface area contributed by atoms with Gasteiger partial charge in [0.25, 0.3) is 15.9 Å². The van der Waals surface area contributed by atoms with Crippen LogP contribution >= 0.6 is 0 Å². The van der Waals surface area contributed by atoms with Crippen molar-refractivity contribution in [3.63, 3.8) is 0 Å². The standard InChI is InChI=1S/C25H26F3N5O3S/c1-15-12-24(2,3)33(14-15)22-18(23(34)32-37(35,36)21-10-6-9-20(29)31-21)11-16(13-30-22)17-7-4-5-8-19(17)25(26,27)28/h4-11,13,15H,12,14H2,1-3H3,(H2,29,31)(H,32,34). The number of carbonyl (C=O) groups excluding carboxylic acids is 1. The predicted molar refractivity (Wildman–Crippen MR) is 133 cm³/mol. The monoisotopic (exact) mass is 533 g/mol. The molecular weight excluding hydrogens is 507 g/mol. The Morgan fingerprint density at radius 3 is 2.49 bits per heavy atom. The van der Waals surface area contributed by atoms with Crippen molar-refractivity contribution in [2.24, 2.45) is 5.92 Å². The molecule has 37 heavy (non-hydrogen) atoms. The van der Waals surface area contributed by atoms with Crippen molar-refractivity contribution < 1.29 is 26.4 Å². The van der Waals surface area contributed by atoms with Crippen molar-refractivity contribution in [1.29, 1.82) is 0 Å². The third-order valence-electron chi connectivity index (χ3n) is 6.23. The van der Waals surface area contributed by atoms with Gasteiger partial charge in [0.15, 0.2) is 5.03 Å². The van der Waals surface area contributed by atoms with Crippen LogP contribution in [0.25, 0.3) is 11.1 Å². The molecule has 2 aromatic heterocycles. The molecule has 1 amide bonds. The molecule has 0 spiro atoms. The second kappa shape index (κ2) is 9.33. The summed E-state index contributed by atoms with van der Waals surface area (Å²) in [5.41, 5.74) is 3.91. The van der Waals surface area contributed by atoms with E-state index in [9.17, 15) is 26.4 Å². The highest BCUT2D eigenvalue weighted by Crippen LogP contribution is 2.40.